The molecule has 0 aromatic carbocycles. The molecule has 3 fully saturated rings. The van der Waals surface area contributed by atoms with Crippen molar-refractivity contribution in [3.63, 3.8) is 0 Å². The van der Waals surface area contributed by atoms with Gasteiger partial charge in [-0.15, -0.1) is 0 Å². The topological polar surface area (TPSA) is 47.3 Å². The summed E-state index contributed by atoms with van der Waals surface area (Å²) in [5, 5.41) is 8.83. The second kappa shape index (κ2) is 4.79. The van der Waals surface area contributed by atoms with Crippen LogP contribution in [-0.2, 0) is 4.79 Å². The third-order valence-corrected chi connectivity index (χ3v) is 5.17. The van der Waals surface area contributed by atoms with Crippen LogP contribution in [0.1, 0.15) is 39.5 Å². The first-order valence-electron chi connectivity index (χ1n) is 7.56. The Morgan fingerprint density at radius 2 is 1.79 bits per heavy atom. The fourth-order valence-electron chi connectivity index (χ4n) is 3.85. The zero-order valence-corrected chi connectivity index (χ0v) is 11.9. The van der Waals surface area contributed by atoms with E-state index in [2.05, 4.69) is 29.7 Å². The highest BCUT2D eigenvalue weighted by atomic mass is 16.2. The van der Waals surface area contributed by atoms with Gasteiger partial charge in [0.15, 0.2) is 0 Å². The minimum Gasteiger partial charge on any atom is -0.334 e. The van der Waals surface area contributed by atoms with Crippen molar-refractivity contribution in [3.8, 4) is 6.07 Å². The summed E-state index contributed by atoms with van der Waals surface area (Å²) in [6, 6.07) is 3.70. The molecule has 104 valence electrons. The minimum atomic E-state index is 0.128. The van der Waals surface area contributed by atoms with Crippen LogP contribution in [0.5, 0.6) is 0 Å². The number of fused-ring (bicyclic) bond motifs is 2. The largest absolute Gasteiger partial charge is 0.334 e. The van der Waals surface area contributed by atoms with E-state index >= 15 is 0 Å². The number of piperazine rings is 1. The SMILES string of the molecule is CC(C)N1CC2CCC(C1)N2C(=O)C1CC(C#N)C1. The Labute approximate surface area is 115 Å². The molecule has 19 heavy (non-hydrogen) atoms. The fraction of sp³-hybridized carbons (Fsp3) is 0.867. The van der Waals surface area contributed by atoms with E-state index in [9.17, 15) is 4.79 Å². The summed E-state index contributed by atoms with van der Waals surface area (Å²) < 4.78 is 0. The van der Waals surface area contributed by atoms with Crippen molar-refractivity contribution < 1.29 is 4.79 Å². The molecular formula is C15H23N3O. The van der Waals surface area contributed by atoms with Gasteiger partial charge < -0.3 is 4.90 Å². The maximum absolute atomic E-state index is 12.6. The van der Waals surface area contributed by atoms with E-state index < -0.39 is 0 Å². The van der Waals surface area contributed by atoms with Crippen molar-refractivity contribution in [2.45, 2.75) is 57.7 Å². The quantitative estimate of drug-likeness (QED) is 0.759. The van der Waals surface area contributed by atoms with Crippen LogP contribution in [0, 0.1) is 23.2 Å². The smallest absolute Gasteiger partial charge is 0.226 e. The molecule has 2 unspecified atom stereocenters. The summed E-state index contributed by atoms with van der Waals surface area (Å²) in [7, 11) is 0. The van der Waals surface area contributed by atoms with E-state index in [0.29, 0.717) is 24.0 Å². The lowest BCUT2D eigenvalue weighted by Crippen LogP contribution is -2.59. The van der Waals surface area contributed by atoms with Crippen molar-refractivity contribution >= 4 is 5.91 Å². The lowest BCUT2D eigenvalue weighted by molar-refractivity contribution is -0.145. The third-order valence-electron chi connectivity index (χ3n) is 5.17. The average molecular weight is 261 g/mol. The first-order chi connectivity index (χ1) is 9.10. The van der Waals surface area contributed by atoms with Gasteiger partial charge in [-0.05, 0) is 39.5 Å². The first-order valence-corrected chi connectivity index (χ1v) is 7.56. The molecule has 0 N–H and O–H groups in total. The Balaban J connectivity index is 1.64. The predicted octanol–water partition coefficient (Wildman–Crippen LogP) is 1.62. The zero-order valence-electron chi connectivity index (χ0n) is 11.9. The summed E-state index contributed by atoms with van der Waals surface area (Å²) in [5.74, 6) is 0.601. The number of likely N-dealkylation sites (tertiary alicyclic amines) is 1. The van der Waals surface area contributed by atoms with Crippen molar-refractivity contribution in [1.29, 1.82) is 5.26 Å². The van der Waals surface area contributed by atoms with Gasteiger partial charge in [0.2, 0.25) is 5.91 Å². The van der Waals surface area contributed by atoms with Crippen LogP contribution in [0.3, 0.4) is 0 Å². The molecule has 2 saturated heterocycles. The standard InChI is InChI=1S/C15H23N3O/c1-10(2)17-8-13-3-4-14(9-17)18(13)15(19)12-5-11(6-12)7-16/h10-14H,3-6,8-9H2,1-2H3. The summed E-state index contributed by atoms with van der Waals surface area (Å²) in [6.45, 7) is 6.54. The Morgan fingerprint density at radius 3 is 2.26 bits per heavy atom. The van der Waals surface area contributed by atoms with Gasteiger partial charge in [0, 0.05) is 43.1 Å². The number of nitriles is 1. The van der Waals surface area contributed by atoms with Gasteiger partial charge in [-0.3, -0.25) is 9.69 Å². The van der Waals surface area contributed by atoms with E-state index in [1.807, 2.05) is 0 Å². The van der Waals surface area contributed by atoms with E-state index in [0.717, 1.165) is 38.8 Å². The van der Waals surface area contributed by atoms with Crippen molar-refractivity contribution in [2.75, 3.05) is 13.1 Å². The lowest BCUT2D eigenvalue weighted by atomic mass is 9.75. The monoisotopic (exact) mass is 261 g/mol. The number of nitrogens with zero attached hydrogens (tertiary/aromatic N) is 3. The molecule has 0 aromatic rings. The van der Waals surface area contributed by atoms with Gasteiger partial charge in [-0.2, -0.15) is 5.26 Å². The van der Waals surface area contributed by atoms with Crippen LogP contribution < -0.4 is 0 Å². The molecule has 4 nitrogen and oxygen atoms in total. The Bertz CT molecular complexity index is 394. The van der Waals surface area contributed by atoms with Gasteiger partial charge in [-0.1, -0.05) is 0 Å². The van der Waals surface area contributed by atoms with E-state index in [-0.39, 0.29) is 11.8 Å². The molecule has 2 atom stereocenters. The number of amides is 1. The van der Waals surface area contributed by atoms with Gasteiger partial charge in [0.25, 0.3) is 0 Å². The van der Waals surface area contributed by atoms with Gasteiger partial charge in [0.05, 0.1) is 6.07 Å². The van der Waals surface area contributed by atoms with Crippen LogP contribution in [0.2, 0.25) is 0 Å². The van der Waals surface area contributed by atoms with Crippen molar-refractivity contribution in [2.24, 2.45) is 11.8 Å². The van der Waals surface area contributed by atoms with Gasteiger partial charge in [-0.25, -0.2) is 0 Å². The molecule has 1 aliphatic carbocycles. The molecule has 2 heterocycles. The summed E-state index contributed by atoms with van der Waals surface area (Å²) >= 11 is 0. The second-order valence-electron chi connectivity index (χ2n) is 6.67. The highest BCUT2D eigenvalue weighted by Gasteiger charge is 2.47. The minimum absolute atomic E-state index is 0.128. The fourth-order valence-corrected chi connectivity index (χ4v) is 3.85. The maximum Gasteiger partial charge on any atom is 0.226 e. The van der Waals surface area contributed by atoms with Crippen LogP contribution >= 0.6 is 0 Å². The molecule has 2 bridgehead atoms. The van der Waals surface area contributed by atoms with E-state index in [4.69, 9.17) is 5.26 Å². The molecule has 0 radical (unpaired) electrons. The van der Waals surface area contributed by atoms with Crippen LogP contribution in [0.15, 0.2) is 0 Å². The normalized spacial score (nSPS) is 38.1. The molecule has 0 spiro atoms. The van der Waals surface area contributed by atoms with Gasteiger partial charge >= 0.3 is 0 Å². The molecule has 3 aliphatic rings. The molecule has 1 amide bonds. The Kier molecular flexibility index (Phi) is 3.26. The van der Waals surface area contributed by atoms with Crippen LogP contribution in [0.4, 0.5) is 0 Å². The number of hydrogen-bond donors (Lipinski definition) is 0. The summed E-state index contributed by atoms with van der Waals surface area (Å²) in [6.07, 6.45) is 3.90. The van der Waals surface area contributed by atoms with Crippen molar-refractivity contribution in [1.82, 2.24) is 9.80 Å². The molecular weight excluding hydrogens is 238 g/mol. The molecule has 0 aromatic heterocycles. The van der Waals surface area contributed by atoms with Crippen LogP contribution in [-0.4, -0.2) is 46.9 Å². The molecule has 2 aliphatic heterocycles. The average Bonchev–Trinajstić information content (AvgIpc) is 2.58. The predicted molar refractivity (Wildman–Crippen MR) is 72.2 cm³/mol. The summed E-state index contributed by atoms with van der Waals surface area (Å²) in [5.41, 5.74) is 0. The Hall–Kier alpha value is -1.08. The number of rotatable bonds is 2. The first kappa shape index (κ1) is 12.9. The molecule has 4 heteroatoms. The zero-order chi connectivity index (χ0) is 13.6. The Morgan fingerprint density at radius 1 is 1.21 bits per heavy atom. The lowest BCUT2D eigenvalue weighted by Gasteiger charge is -2.45. The number of hydrogen-bond acceptors (Lipinski definition) is 3. The maximum atomic E-state index is 12.6. The molecule has 3 rings (SSSR count). The highest BCUT2D eigenvalue weighted by molar-refractivity contribution is 5.81. The third kappa shape index (κ3) is 2.14. The van der Waals surface area contributed by atoms with Crippen molar-refractivity contribution in [3.05, 3.63) is 0 Å². The second-order valence-corrected chi connectivity index (χ2v) is 6.67. The van der Waals surface area contributed by atoms with Gasteiger partial charge in [0.1, 0.15) is 0 Å². The van der Waals surface area contributed by atoms with E-state index in [1.54, 1.807) is 0 Å². The van der Waals surface area contributed by atoms with Crippen LogP contribution in [0.25, 0.3) is 0 Å². The highest BCUT2D eigenvalue weighted by Crippen LogP contribution is 2.39. The number of carbonyl (C=O) groups is 1. The summed E-state index contributed by atoms with van der Waals surface area (Å²) in [4.78, 5) is 17.3. The number of carbonyl (C=O) groups excluding carboxylic acids is 1. The molecule has 1 saturated carbocycles. The van der Waals surface area contributed by atoms with E-state index in [1.165, 1.54) is 0 Å².